The number of non-ortho nitro benzene ring substituents is 1. The van der Waals surface area contributed by atoms with Crippen LogP contribution in [0.1, 0.15) is 37.9 Å². The fourth-order valence-electron chi connectivity index (χ4n) is 6.53. The first-order chi connectivity index (χ1) is 22.7. The third kappa shape index (κ3) is 5.83. The van der Waals surface area contributed by atoms with Gasteiger partial charge in [0.15, 0.2) is 4.80 Å². The summed E-state index contributed by atoms with van der Waals surface area (Å²) in [6.07, 6.45) is 1.73. The second-order valence-corrected chi connectivity index (χ2v) is 12.8. The third-order valence-corrected chi connectivity index (χ3v) is 10.1. The van der Waals surface area contributed by atoms with Gasteiger partial charge in [0.05, 0.1) is 27.8 Å². The quantitative estimate of drug-likeness (QED) is 0.209. The lowest BCUT2D eigenvalue weighted by Crippen LogP contribution is -2.44. The molecule has 4 aromatic rings. The van der Waals surface area contributed by atoms with Crippen molar-refractivity contribution in [3.05, 3.63) is 107 Å². The van der Waals surface area contributed by atoms with Crippen molar-refractivity contribution in [1.29, 1.82) is 0 Å². The van der Waals surface area contributed by atoms with Crippen LogP contribution in [0.15, 0.2) is 75.7 Å². The molecule has 6 rings (SSSR count). The summed E-state index contributed by atoms with van der Waals surface area (Å²) >= 11 is 1.21. The molecule has 3 aromatic carbocycles. The molecule has 0 spiro atoms. The van der Waals surface area contributed by atoms with Crippen molar-refractivity contribution in [2.24, 2.45) is 4.99 Å². The van der Waals surface area contributed by atoms with Crippen LogP contribution in [0.4, 0.5) is 11.4 Å². The maximum Gasteiger partial charge on any atom is 0.271 e. The zero-order valence-corrected chi connectivity index (χ0v) is 28.0. The molecule has 1 atom stereocenters. The molecular weight excluding hydrogens is 616 g/mol. The molecule has 0 aliphatic carbocycles. The number of methoxy groups -OCH3 is 1. The second-order valence-electron chi connectivity index (χ2n) is 11.8. The topological polar surface area (TPSA) is 114 Å². The van der Waals surface area contributed by atoms with Gasteiger partial charge in [-0.15, -0.1) is 0 Å². The van der Waals surface area contributed by atoms with E-state index in [1.54, 1.807) is 28.7 Å². The smallest absolute Gasteiger partial charge is 0.271 e. The summed E-state index contributed by atoms with van der Waals surface area (Å²) in [5.41, 5.74) is 2.68. The van der Waals surface area contributed by atoms with Gasteiger partial charge in [-0.25, -0.2) is 4.99 Å². The van der Waals surface area contributed by atoms with Crippen LogP contribution in [0.5, 0.6) is 5.75 Å². The van der Waals surface area contributed by atoms with Gasteiger partial charge in [-0.3, -0.25) is 24.3 Å². The van der Waals surface area contributed by atoms with E-state index in [4.69, 9.17) is 9.73 Å². The molecule has 0 bridgehead atoms. The molecule has 2 aliphatic heterocycles. The number of carbonyl (C=O) groups is 1. The predicted molar refractivity (Wildman–Crippen MR) is 185 cm³/mol. The van der Waals surface area contributed by atoms with Crippen LogP contribution in [-0.4, -0.2) is 78.6 Å². The number of piperazine rings is 1. The van der Waals surface area contributed by atoms with Gasteiger partial charge in [-0.2, -0.15) is 0 Å². The molecule has 244 valence electrons. The Hall–Kier alpha value is -4.81. The zero-order chi connectivity index (χ0) is 33.4. The van der Waals surface area contributed by atoms with Crippen LogP contribution >= 0.6 is 11.3 Å². The van der Waals surface area contributed by atoms with E-state index in [9.17, 15) is 19.7 Å². The lowest BCUT2D eigenvalue weighted by atomic mass is 9.90. The summed E-state index contributed by atoms with van der Waals surface area (Å²) in [6, 6.07) is 15.7. The molecule has 0 N–H and O–H groups in total. The minimum atomic E-state index is -0.815. The SMILES string of the molecule is CCN(CC)C(=O)C1=C(C)N=c2s/c(=C\c3cc([N+](=O)[O-])ccc3N3CCN(C)CC3)c(=O)n2[C@@H]1c1c(OC)ccc2ccccc12. The number of nitro benzene ring substituents is 1. The Bertz CT molecular complexity index is 2090. The summed E-state index contributed by atoms with van der Waals surface area (Å²) in [5.74, 6) is 0.361. The number of benzene rings is 3. The molecular formula is C35H38N6O5S. The number of amides is 1. The number of ether oxygens (including phenoxy) is 1. The first-order valence-electron chi connectivity index (χ1n) is 15.8. The van der Waals surface area contributed by atoms with Crippen molar-refractivity contribution in [3.8, 4) is 5.75 Å². The molecule has 0 saturated carbocycles. The van der Waals surface area contributed by atoms with Gasteiger partial charge >= 0.3 is 0 Å². The van der Waals surface area contributed by atoms with Crippen LogP contribution in [0, 0.1) is 10.1 Å². The lowest BCUT2D eigenvalue weighted by molar-refractivity contribution is -0.384. The minimum Gasteiger partial charge on any atom is -0.496 e. The number of fused-ring (bicyclic) bond motifs is 2. The average Bonchev–Trinajstić information content (AvgIpc) is 3.38. The largest absolute Gasteiger partial charge is 0.496 e. The lowest BCUT2D eigenvalue weighted by Gasteiger charge is -2.34. The van der Waals surface area contributed by atoms with Gasteiger partial charge in [0.2, 0.25) is 0 Å². The van der Waals surface area contributed by atoms with Gasteiger partial charge in [0, 0.05) is 68.2 Å². The molecule has 1 aromatic heterocycles. The number of nitrogens with zero attached hydrogens (tertiary/aromatic N) is 6. The maximum atomic E-state index is 14.6. The van der Waals surface area contributed by atoms with E-state index >= 15 is 0 Å². The van der Waals surface area contributed by atoms with E-state index in [2.05, 4.69) is 16.8 Å². The molecule has 1 fully saturated rings. The highest BCUT2D eigenvalue weighted by atomic mass is 32.1. The first-order valence-corrected chi connectivity index (χ1v) is 16.6. The molecule has 47 heavy (non-hydrogen) atoms. The molecule has 1 amide bonds. The van der Waals surface area contributed by atoms with E-state index in [1.165, 1.54) is 23.5 Å². The van der Waals surface area contributed by atoms with Gasteiger partial charge in [0.25, 0.3) is 17.2 Å². The highest BCUT2D eigenvalue weighted by Gasteiger charge is 2.37. The number of nitro groups is 1. The fourth-order valence-corrected chi connectivity index (χ4v) is 7.57. The number of carbonyl (C=O) groups excluding carboxylic acids is 1. The van der Waals surface area contributed by atoms with Crippen molar-refractivity contribution in [2.45, 2.75) is 26.8 Å². The van der Waals surface area contributed by atoms with Crippen LogP contribution in [0.3, 0.4) is 0 Å². The predicted octanol–water partition coefficient (Wildman–Crippen LogP) is 3.93. The minimum absolute atomic E-state index is 0.0526. The summed E-state index contributed by atoms with van der Waals surface area (Å²) in [5, 5.41) is 13.6. The van der Waals surface area contributed by atoms with Crippen LogP contribution in [0.25, 0.3) is 16.8 Å². The highest BCUT2D eigenvalue weighted by Crippen LogP contribution is 2.40. The third-order valence-electron chi connectivity index (χ3n) is 9.08. The number of aromatic nitrogens is 1. The van der Waals surface area contributed by atoms with Crippen molar-refractivity contribution in [1.82, 2.24) is 14.4 Å². The molecule has 11 nitrogen and oxygen atoms in total. The fraction of sp³-hybridized carbons (Fsp3) is 0.343. The van der Waals surface area contributed by atoms with E-state index < -0.39 is 11.0 Å². The van der Waals surface area contributed by atoms with E-state index in [0.29, 0.717) is 50.6 Å². The van der Waals surface area contributed by atoms with Gasteiger partial charge < -0.3 is 19.4 Å². The van der Waals surface area contributed by atoms with Crippen LogP contribution in [0.2, 0.25) is 0 Å². The summed E-state index contributed by atoms with van der Waals surface area (Å²) < 4.78 is 7.86. The van der Waals surface area contributed by atoms with Crippen molar-refractivity contribution in [2.75, 3.05) is 58.3 Å². The number of hydrogen-bond acceptors (Lipinski definition) is 9. The second kappa shape index (κ2) is 13.1. The Morgan fingerprint density at radius 1 is 1.11 bits per heavy atom. The zero-order valence-electron chi connectivity index (χ0n) is 27.2. The summed E-state index contributed by atoms with van der Waals surface area (Å²) in [7, 11) is 3.65. The van der Waals surface area contributed by atoms with Crippen molar-refractivity contribution >= 4 is 45.5 Å². The van der Waals surface area contributed by atoms with Gasteiger partial charge in [-0.05, 0) is 56.8 Å². The van der Waals surface area contributed by atoms with Gasteiger partial charge in [-0.1, -0.05) is 41.7 Å². The Labute approximate surface area is 276 Å². The molecule has 0 unspecified atom stereocenters. The number of anilines is 1. The summed E-state index contributed by atoms with van der Waals surface area (Å²) in [4.78, 5) is 51.7. The number of likely N-dealkylation sites (N-methyl/N-ethyl adjacent to an activating group) is 2. The Balaban J connectivity index is 1.62. The molecule has 2 aliphatic rings. The average molecular weight is 655 g/mol. The Morgan fingerprint density at radius 3 is 2.51 bits per heavy atom. The number of thiazole rings is 1. The number of rotatable bonds is 8. The van der Waals surface area contributed by atoms with Gasteiger partial charge in [0.1, 0.15) is 11.8 Å². The summed E-state index contributed by atoms with van der Waals surface area (Å²) in [6.45, 7) is 9.89. The molecule has 1 saturated heterocycles. The molecule has 3 heterocycles. The number of hydrogen-bond donors (Lipinski definition) is 0. The normalized spacial score (nSPS) is 17.1. The monoisotopic (exact) mass is 654 g/mol. The first kappa shape index (κ1) is 32.1. The van der Waals surface area contributed by atoms with E-state index in [-0.39, 0.29) is 17.2 Å². The van der Waals surface area contributed by atoms with Crippen molar-refractivity contribution < 1.29 is 14.5 Å². The maximum absolute atomic E-state index is 14.6. The standard InChI is InChI=1S/C35H38N6O5S/c1-6-38(7-2)34(43)30-22(3)36-35-40(32(30)31-26-11-9-8-10-23(26)12-15-28(31)46-5)33(42)29(47-35)21-24-20-25(41(44)45)13-14-27(24)39-18-16-37(4)17-19-39/h8-15,20-21,32H,6-7,16-19H2,1-5H3/b29-21-/t32-/m0/s1. The molecule has 12 heteroatoms. The number of allylic oxidation sites excluding steroid dienone is 1. The van der Waals surface area contributed by atoms with Crippen LogP contribution < -0.4 is 24.5 Å². The highest BCUT2D eigenvalue weighted by molar-refractivity contribution is 7.07. The van der Waals surface area contributed by atoms with Crippen molar-refractivity contribution in [3.63, 3.8) is 0 Å². The van der Waals surface area contributed by atoms with E-state index in [1.807, 2.05) is 57.2 Å². The Morgan fingerprint density at radius 2 is 1.83 bits per heavy atom. The Kier molecular flexibility index (Phi) is 8.98. The van der Waals surface area contributed by atoms with Crippen LogP contribution in [-0.2, 0) is 4.79 Å². The van der Waals surface area contributed by atoms with E-state index in [0.717, 1.165) is 42.6 Å². The molecule has 0 radical (unpaired) electrons.